The van der Waals surface area contributed by atoms with Gasteiger partial charge in [-0.25, -0.2) is 15.0 Å². The number of piperidine rings is 1. The second kappa shape index (κ2) is 17.7. The highest BCUT2D eigenvalue weighted by atomic mass is 35.5. The van der Waals surface area contributed by atoms with E-state index in [1.807, 2.05) is 49.1 Å². The van der Waals surface area contributed by atoms with E-state index in [0.29, 0.717) is 83.5 Å². The molecule has 0 bridgehead atoms. The fourth-order valence-electron chi connectivity index (χ4n) is 7.36. The lowest BCUT2D eigenvalue weighted by Crippen LogP contribution is -2.52. The Morgan fingerprint density at radius 3 is 2.56 bits per heavy atom. The van der Waals surface area contributed by atoms with Crippen molar-refractivity contribution in [3.8, 4) is 0 Å². The molecule has 298 valence electrons. The monoisotopic (exact) mass is 812 g/mol. The first-order chi connectivity index (χ1) is 27.5. The third-order valence-electron chi connectivity index (χ3n) is 10.4. The summed E-state index contributed by atoms with van der Waals surface area (Å²) in [6.07, 6.45) is 6.21. The summed E-state index contributed by atoms with van der Waals surface area (Å²) < 4.78 is 0. The van der Waals surface area contributed by atoms with Gasteiger partial charge in [-0.2, -0.15) is 0 Å². The Kier molecular flexibility index (Phi) is 12.3. The fraction of sp³-hybridized carbons (Fsp3) is 0.400. The number of rotatable bonds is 14. The molecule has 7 rings (SSSR count). The quantitative estimate of drug-likeness (QED) is 0.0910. The Labute approximate surface area is 339 Å². The first-order valence-electron chi connectivity index (χ1n) is 19.2. The van der Waals surface area contributed by atoms with Gasteiger partial charge in [0, 0.05) is 75.0 Å². The molecule has 0 aliphatic carbocycles. The number of carbonyl (C=O) groups excluding carboxylic acids is 5. The minimum absolute atomic E-state index is 0.160. The fourth-order valence-corrected chi connectivity index (χ4v) is 8.35. The highest BCUT2D eigenvalue weighted by Gasteiger charge is 2.39. The van der Waals surface area contributed by atoms with Gasteiger partial charge in [-0.1, -0.05) is 54.0 Å². The Hall–Kier alpha value is -5.61. The summed E-state index contributed by atoms with van der Waals surface area (Å²) in [5.41, 5.74) is 3.79. The molecular weight excluding hydrogens is 768 g/mol. The van der Waals surface area contributed by atoms with E-state index in [2.05, 4.69) is 41.1 Å². The SMILES string of the molecule is Cc1nc(Nc2ncc(C(=O)Nc3c(C)cccc3Cl)s2)cc(N2CCN(C(=O)CCCCCCNc3cccc4c3CN(C3CCC(=O)NC3=O)C4=O)CC2)n1. The van der Waals surface area contributed by atoms with Crippen LogP contribution in [0.5, 0.6) is 0 Å². The molecule has 2 aromatic heterocycles. The Bertz CT molecular complexity index is 2170. The molecule has 1 atom stereocenters. The number of piperazine rings is 1. The van der Waals surface area contributed by atoms with Gasteiger partial charge in [-0.05, 0) is 56.9 Å². The molecule has 0 saturated carbocycles. The zero-order valence-corrected chi connectivity index (χ0v) is 33.5. The summed E-state index contributed by atoms with van der Waals surface area (Å²) in [5.74, 6) is 0.871. The Balaban J connectivity index is 0.812. The smallest absolute Gasteiger partial charge is 0.267 e. The molecule has 5 heterocycles. The van der Waals surface area contributed by atoms with Crippen LogP contribution in [0.1, 0.15) is 81.9 Å². The first kappa shape index (κ1) is 39.6. The van der Waals surface area contributed by atoms with Gasteiger partial charge >= 0.3 is 0 Å². The molecule has 0 radical (unpaired) electrons. The lowest BCUT2D eigenvalue weighted by Gasteiger charge is -2.35. The summed E-state index contributed by atoms with van der Waals surface area (Å²) in [7, 11) is 0. The number of hydrogen-bond acceptors (Lipinski definition) is 12. The highest BCUT2D eigenvalue weighted by molar-refractivity contribution is 7.17. The predicted molar refractivity (Wildman–Crippen MR) is 219 cm³/mol. The minimum atomic E-state index is -0.638. The molecular formula is C40H45ClN10O5S. The molecule has 5 amide bonds. The van der Waals surface area contributed by atoms with Crippen LogP contribution < -0.4 is 26.2 Å². The van der Waals surface area contributed by atoms with Gasteiger partial charge in [0.2, 0.25) is 17.7 Å². The average molecular weight is 813 g/mol. The molecule has 4 aromatic rings. The van der Waals surface area contributed by atoms with Crippen LogP contribution in [0.3, 0.4) is 0 Å². The number of hydrogen-bond donors (Lipinski definition) is 4. The Morgan fingerprint density at radius 1 is 0.982 bits per heavy atom. The van der Waals surface area contributed by atoms with E-state index in [4.69, 9.17) is 11.6 Å². The van der Waals surface area contributed by atoms with Gasteiger partial charge in [0.05, 0.1) is 16.9 Å². The molecule has 3 aliphatic rings. The lowest BCUT2D eigenvalue weighted by atomic mass is 10.0. The molecule has 3 aliphatic heterocycles. The van der Waals surface area contributed by atoms with Crippen molar-refractivity contribution in [3.63, 3.8) is 0 Å². The minimum Gasteiger partial charge on any atom is -0.385 e. The van der Waals surface area contributed by atoms with Crippen LogP contribution in [0.2, 0.25) is 5.02 Å². The number of fused-ring (bicyclic) bond motifs is 1. The van der Waals surface area contributed by atoms with E-state index in [1.165, 1.54) is 17.5 Å². The van der Waals surface area contributed by atoms with Crippen molar-refractivity contribution in [2.24, 2.45) is 0 Å². The van der Waals surface area contributed by atoms with Gasteiger partial charge in [0.25, 0.3) is 11.8 Å². The zero-order chi connectivity index (χ0) is 40.1. The van der Waals surface area contributed by atoms with Gasteiger partial charge in [0.15, 0.2) is 5.13 Å². The van der Waals surface area contributed by atoms with E-state index in [0.717, 1.165) is 54.9 Å². The largest absolute Gasteiger partial charge is 0.385 e. The van der Waals surface area contributed by atoms with Crippen molar-refractivity contribution >= 4 is 80.6 Å². The zero-order valence-electron chi connectivity index (χ0n) is 31.9. The summed E-state index contributed by atoms with van der Waals surface area (Å²) in [5, 5.41) is 12.9. The van der Waals surface area contributed by atoms with E-state index >= 15 is 0 Å². The standard InChI is InChI=1S/C40H45ClN10O5S/c1-24-9-7-11-28(41)36(24)48-38(55)31-22-43-40(57-31)46-32-21-33(45-25(2)44-32)49-17-19-50(20-18-49)35(53)13-5-3-4-6-16-42-29-12-8-10-26-27(29)23-51(39(26)56)30-14-15-34(52)47-37(30)54/h7-12,21-22,30,42H,3-6,13-20,23H2,1-2H3,(H,48,55)(H,47,52,54)(H,43,44,45,46). The third kappa shape index (κ3) is 9.34. The number of halogens is 1. The van der Waals surface area contributed by atoms with Gasteiger partial charge in [-0.3, -0.25) is 29.3 Å². The maximum absolute atomic E-state index is 13.1. The molecule has 2 aromatic carbocycles. The van der Waals surface area contributed by atoms with E-state index in [9.17, 15) is 24.0 Å². The Morgan fingerprint density at radius 2 is 1.77 bits per heavy atom. The predicted octanol–water partition coefficient (Wildman–Crippen LogP) is 5.67. The van der Waals surface area contributed by atoms with Crippen molar-refractivity contribution in [2.45, 2.75) is 71.4 Å². The van der Waals surface area contributed by atoms with Gasteiger partial charge in [0.1, 0.15) is 28.4 Å². The van der Waals surface area contributed by atoms with Crippen LogP contribution in [0.15, 0.2) is 48.7 Å². The number of thiazole rings is 1. The normalized spacial score (nSPS) is 16.7. The summed E-state index contributed by atoms with van der Waals surface area (Å²) in [6, 6.07) is 12.2. The molecule has 17 heteroatoms. The second-order valence-electron chi connectivity index (χ2n) is 14.4. The maximum atomic E-state index is 13.1. The van der Waals surface area contributed by atoms with Crippen molar-refractivity contribution in [1.82, 2.24) is 30.1 Å². The number of aryl methyl sites for hydroxylation is 2. The molecule has 2 fully saturated rings. The van der Waals surface area contributed by atoms with Gasteiger partial charge < -0.3 is 30.7 Å². The van der Waals surface area contributed by atoms with Crippen molar-refractivity contribution in [1.29, 1.82) is 0 Å². The number of imide groups is 1. The highest BCUT2D eigenvalue weighted by Crippen LogP contribution is 2.33. The molecule has 4 N–H and O–H groups in total. The second-order valence-corrected chi connectivity index (χ2v) is 15.8. The molecule has 2 saturated heterocycles. The molecule has 0 spiro atoms. The van der Waals surface area contributed by atoms with E-state index < -0.39 is 11.9 Å². The van der Waals surface area contributed by atoms with Crippen molar-refractivity contribution in [3.05, 3.63) is 81.1 Å². The molecule has 57 heavy (non-hydrogen) atoms. The van der Waals surface area contributed by atoms with Gasteiger partial charge in [-0.15, -0.1) is 0 Å². The average Bonchev–Trinajstić information content (AvgIpc) is 3.80. The summed E-state index contributed by atoms with van der Waals surface area (Å²) >= 11 is 7.49. The number of amides is 5. The third-order valence-corrected chi connectivity index (χ3v) is 11.6. The van der Waals surface area contributed by atoms with Crippen molar-refractivity contribution < 1.29 is 24.0 Å². The number of nitrogens with one attached hydrogen (secondary N) is 4. The first-order valence-corrected chi connectivity index (χ1v) is 20.4. The van der Waals surface area contributed by atoms with Crippen LogP contribution in [0, 0.1) is 13.8 Å². The van der Waals surface area contributed by atoms with Crippen molar-refractivity contribution in [2.75, 3.05) is 53.6 Å². The van der Waals surface area contributed by atoms with Crippen LogP contribution >= 0.6 is 22.9 Å². The molecule has 1 unspecified atom stereocenters. The number of carbonyl (C=O) groups is 5. The summed E-state index contributed by atoms with van der Waals surface area (Å²) in [4.78, 5) is 82.7. The van der Waals surface area contributed by atoms with Crippen LogP contribution in [-0.4, -0.2) is 93.1 Å². The number of aromatic nitrogens is 3. The molecule has 15 nitrogen and oxygen atoms in total. The van der Waals surface area contributed by atoms with Crippen LogP contribution in [0.4, 0.5) is 28.1 Å². The topological polar surface area (TPSA) is 182 Å². The summed E-state index contributed by atoms with van der Waals surface area (Å²) in [6.45, 7) is 7.28. The number of unbranched alkanes of at least 4 members (excludes halogenated alkanes) is 3. The number of benzene rings is 2. The van der Waals surface area contributed by atoms with E-state index in [-0.39, 0.29) is 30.0 Å². The number of para-hydroxylation sites is 1. The lowest BCUT2D eigenvalue weighted by molar-refractivity contribution is -0.137. The maximum Gasteiger partial charge on any atom is 0.267 e. The van der Waals surface area contributed by atoms with Crippen LogP contribution in [-0.2, 0) is 20.9 Å². The number of anilines is 5. The van der Waals surface area contributed by atoms with E-state index in [1.54, 1.807) is 17.0 Å². The van der Waals surface area contributed by atoms with Crippen LogP contribution in [0.25, 0.3) is 0 Å². The number of nitrogens with zero attached hydrogens (tertiary/aromatic N) is 6.